The van der Waals surface area contributed by atoms with Crippen LogP contribution in [0.2, 0.25) is 0 Å². The molecule has 9 heteroatoms. The number of hydrogen-bond donors (Lipinski definition) is 2. The third-order valence-electron chi connectivity index (χ3n) is 5.35. The summed E-state index contributed by atoms with van der Waals surface area (Å²) in [5.41, 5.74) is 0.873. The van der Waals surface area contributed by atoms with Crippen LogP contribution < -0.4 is 15.8 Å². The van der Waals surface area contributed by atoms with Crippen LogP contribution in [0.4, 0.5) is 15.9 Å². The summed E-state index contributed by atoms with van der Waals surface area (Å²) < 4.78 is 15.4. The number of anilines is 2. The fraction of sp³-hybridized carbons (Fsp3) is 0.167. The van der Waals surface area contributed by atoms with E-state index in [9.17, 15) is 14.0 Å². The van der Waals surface area contributed by atoms with Gasteiger partial charge >= 0.3 is 0 Å². The van der Waals surface area contributed by atoms with Crippen molar-refractivity contribution >= 4 is 40.5 Å². The molecule has 0 atom stereocenters. The van der Waals surface area contributed by atoms with Crippen molar-refractivity contribution in [2.24, 2.45) is 0 Å². The molecule has 2 N–H and O–H groups in total. The summed E-state index contributed by atoms with van der Waals surface area (Å²) in [6.45, 7) is 5.78. The van der Waals surface area contributed by atoms with Crippen LogP contribution in [0, 0.1) is 10.6 Å². The molecule has 4 rings (SSSR count). The van der Waals surface area contributed by atoms with Crippen LogP contribution in [0.15, 0.2) is 65.6 Å². The zero-order chi connectivity index (χ0) is 23.5. The molecule has 2 aromatic heterocycles. The number of rotatable bonds is 6. The molecule has 0 fully saturated rings. The van der Waals surface area contributed by atoms with Crippen molar-refractivity contribution in [3.05, 3.63) is 87.3 Å². The molecule has 1 amide bonds. The summed E-state index contributed by atoms with van der Waals surface area (Å²) in [5, 5.41) is 3.09. The number of hydrogen-bond acceptors (Lipinski definition) is 5. The molecule has 0 aliphatic carbocycles. The van der Waals surface area contributed by atoms with E-state index in [2.05, 4.69) is 34.0 Å². The van der Waals surface area contributed by atoms with E-state index in [-0.39, 0.29) is 21.8 Å². The van der Waals surface area contributed by atoms with Crippen LogP contribution in [0.5, 0.6) is 0 Å². The number of nitrogens with one attached hydrogen (secondary N) is 2. The Labute approximate surface area is 194 Å². The lowest BCUT2D eigenvalue weighted by molar-refractivity contribution is 0.102. The van der Waals surface area contributed by atoms with E-state index in [1.165, 1.54) is 24.3 Å². The molecule has 168 valence electrons. The Bertz CT molecular complexity index is 1440. The number of carbonyl (C=O) groups excluding carboxylic acids is 1. The van der Waals surface area contributed by atoms with E-state index >= 15 is 0 Å². The summed E-state index contributed by atoms with van der Waals surface area (Å²) in [5.74, 6) is -0.0793. The molecule has 7 nitrogen and oxygen atoms in total. The van der Waals surface area contributed by atoms with Gasteiger partial charge in [-0.25, -0.2) is 13.9 Å². The number of amides is 1. The summed E-state index contributed by atoms with van der Waals surface area (Å²) in [4.78, 5) is 35.2. The number of aromatic amines is 1. The van der Waals surface area contributed by atoms with E-state index in [1.807, 2.05) is 6.07 Å². The number of para-hydroxylation sites is 1. The fourth-order valence-electron chi connectivity index (χ4n) is 3.61. The maximum Gasteiger partial charge on any atom is 0.266 e. The van der Waals surface area contributed by atoms with Gasteiger partial charge in [0.1, 0.15) is 11.6 Å². The summed E-state index contributed by atoms with van der Waals surface area (Å²) in [7, 11) is 0. The van der Waals surface area contributed by atoms with Gasteiger partial charge in [-0.1, -0.05) is 12.1 Å². The second-order valence-electron chi connectivity index (χ2n) is 7.31. The molecular formula is C24H22FN5O2S. The number of pyridine rings is 1. The number of carbonyl (C=O) groups is 1. The lowest BCUT2D eigenvalue weighted by atomic mass is 10.1. The number of H-pyrrole nitrogens is 1. The largest absolute Gasteiger partial charge is 0.357 e. The predicted octanol–water partition coefficient (Wildman–Crippen LogP) is 4.68. The smallest absolute Gasteiger partial charge is 0.266 e. The highest BCUT2D eigenvalue weighted by molar-refractivity contribution is 7.71. The van der Waals surface area contributed by atoms with E-state index in [1.54, 1.807) is 30.5 Å². The highest BCUT2D eigenvalue weighted by atomic mass is 32.1. The standard InChI is InChI=1S/C24H22FN5O2S/c1-3-29(4-2)21-12-10-16(14-26-21)27-22(31)15-9-11-17-19(13-15)28-24(33)30(23(17)32)20-8-6-5-7-18(20)25/h5-14H,3-4H2,1-2H3,(H,27,31)(H,28,33). The first kappa shape index (κ1) is 22.3. The number of halogens is 1. The van der Waals surface area contributed by atoms with Crippen LogP contribution in [0.3, 0.4) is 0 Å². The Kier molecular flexibility index (Phi) is 6.32. The molecule has 0 saturated heterocycles. The molecule has 4 aromatic rings. The Morgan fingerprint density at radius 3 is 2.58 bits per heavy atom. The molecule has 0 unspecified atom stereocenters. The monoisotopic (exact) mass is 463 g/mol. The van der Waals surface area contributed by atoms with Gasteiger partial charge in [-0.2, -0.15) is 0 Å². The molecule has 2 heterocycles. The second kappa shape index (κ2) is 9.33. The maximum absolute atomic E-state index is 14.2. The van der Waals surface area contributed by atoms with Gasteiger partial charge in [0, 0.05) is 18.7 Å². The molecule has 2 aromatic carbocycles. The number of fused-ring (bicyclic) bond motifs is 1. The van der Waals surface area contributed by atoms with Crippen LogP contribution in [0.1, 0.15) is 24.2 Å². The van der Waals surface area contributed by atoms with E-state index in [0.717, 1.165) is 23.5 Å². The van der Waals surface area contributed by atoms with Crippen LogP contribution in [-0.2, 0) is 0 Å². The van der Waals surface area contributed by atoms with Crippen molar-refractivity contribution in [2.45, 2.75) is 13.8 Å². The van der Waals surface area contributed by atoms with Crippen LogP contribution >= 0.6 is 12.2 Å². The summed E-state index contributed by atoms with van der Waals surface area (Å²) in [6.07, 6.45) is 1.60. The van der Waals surface area contributed by atoms with Crippen LogP contribution in [0.25, 0.3) is 16.6 Å². The minimum absolute atomic E-state index is 0.0337. The minimum atomic E-state index is -0.560. The predicted molar refractivity (Wildman–Crippen MR) is 130 cm³/mol. The normalized spacial score (nSPS) is 10.9. The molecule has 0 aliphatic rings. The Hall–Kier alpha value is -3.85. The van der Waals surface area contributed by atoms with Crippen molar-refractivity contribution in [2.75, 3.05) is 23.3 Å². The van der Waals surface area contributed by atoms with Gasteiger partial charge in [0.2, 0.25) is 0 Å². The quantitative estimate of drug-likeness (QED) is 0.406. The average molecular weight is 464 g/mol. The Morgan fingerprint density at radius 2 is 1.91 bits per heavy atom. The van der Waals surface area contributed by atoms with E-state index in [0.29, 0.717) is 16.8 Å². The zero-order valence-electron chi connectivity index (χ0n) is 18.1. The van der Waals surface area contributed by atoms with Crippen molar-refractivity contribution in [1.82, 2.24) is 14.5 Å². The van der Waals surface area contributed by atoms with E-state index < -0.39 is 11.4 Å². The number of aromatic nitrogens is 3. The highest BCUT2D eigenvalue weighted by Crippen LogP contribution is 2.18. The maximum atomic E-state index is 14.2. The third kappa shape index (κ3) is 4.40. The third-order valence-corrected chi connectivity index (χ3v) is 5.63. The number of benzene rings is 2. The van der Waals surface area contributed by atoms with Crippen molar-refractivity contribution < 1.29 is 9.18 Å². The molecule has 0 radical (unpaired) electrons. The van der Waals surface area contributed by atoms with E-state index in [4.69, 9.17) is 12.2 Å². The average Bonchev–Trinajstić information content (AvgIpc) is 2.81. The Balaban J connectivity index is 1.64. The van der Waals surface area contributed by atoms with Gasteiger partial charge in [-0.15, -0.1) is 0 Å². The van der Waals surface area contributed by atoms with Gasteiger partial charge in [-0.3, -0.25) is 9.59 Å². The lowest BCUT2D eigenvalue weighted by Gasteiger charge is -2.19. The summed E-state index contributed by atoms with van der Waals surface area (Å²) in [6, 6.07) is 14.2. The molecule has 33 heavy (non-hydrogen) atoms. The Morgan fingerprint density at radius 1 is 1.15 bits per heavy atom. The van der Waals surface area contributed by atoms with Crippen LogP contribution in [-0.4, -0.2) is 33.5 Å². The highest BCUT2D eigenvalue weighted by Gasteiger charge is 2.14. The minimum Gasteiger partial charge on any atom is -0.357 e. The number of nitrogens with zero attached hydrogens (tertiary/aromatic N) is 3. The van der Waals surface area contributed by atoms with Gasteiger partial charge in [-0.05, 0) is 68.5 Å². The first-order valence-corrected chi connectivity index (χ1v) is 10.9. The summed E-state index contributed by atoms with van der Waals surface area (Å²) >= 11 is 5.30. The van der Waals surface area contributed by atoms with Gasteiger partial charge in [0.05, 0.1) is 28.5 Å². The molecule has 0 bridgehead atoms. The first-order valence-electron chi connectivity index (χ1n) is 10.5. The van der Waals surface area contributed by atoms with Gasteiger partial charge in [0.15, 0.2) is 4.77 Å². The van der Waals surface area contributed by atoms with Gasteiger partial charge < -0.3 is 15.2 Å². The molecule has 0 aliphatic heterocycles. The SMILES string of the molecule is CCN(CC)c1ccc(NC(=O)c2ccc3c(=O)n(-c4ccccc4F)c(=S)[nH]c3c2)cn1. The van der Waals surface area contributed by atoms with Crippen molar-refractivity contribution in [1.29, 1.82) is 0 Å². The van der Waals surface area contributed by atoms with Crippen molar-refractivity contribution in [3.8, 4) is 5.69 Å². The zero-order valence-corrected chi connectivity index (χ0v) is 18.9. The fourth-order valence-corrected chi connectivity index (χ4v) is 3.90. The lowest BCUT2D eigenvalue weighted by Crippen LogP contribution is -2.23. The second-order valence-corrected chi connectivity index (χ2v) is 7.70. The molecular weight excluding hydrogens is 441 g/mol. The molecule has 0 saturated carbocycles. The molecule has 0 spiro atoms. The topological polar surface area (TPSA) is 83.0 Å². The first-order chi connectivity index (χ1) is 15.9. The van der Waals surface area contributed by atoms with Gasteiger partial charge in [0.25, 0.3) is 11.5 Å². The van der Waals surface area contributed by atoms with Crippen molar-refractivity contribution in [3.63, 3.8) is 0 Å².